The lowest BCUT2D eigenvalue weighted by Crippen LogP contribution is -2.32. The molecule has 0 aromatic carbocycles. The van der Waals surface area contributed by atoms with Gasteiger partial charge in [0.1, 0.15) is 6.04 Å². The van der Waals surface area contributed by atoms with Gasteiger partial charge in [-0.2, -0.15) is 0 Å². The minimum absolute atomic E-state index is 0. The second kappa shape index (κ2) is 7.82. The summed E-state index contributed by atoms with van der Waals surface area (Å²) in [6, 6.07) is -0.818. The number of carbonyl (C=O) groups excluding carboxylic acids is 1. The highest BCUT2D eigenvalue weighted by atomic mass is 35.5. The predicted octanol–water partition coefficient (Wildman–Crippen LogP) is 0.163. The lowest BCUT2D eigenvalue weighted by molar-refractivity contribution is -0.145. The molecule has 78 valence electrons. The van der Waals surface area contributed by atoms with E-state index < -0.39 is 18.0 Å². The number of halogens is 1. The highest BCUT2D eigenvalue weighted by Crippen LogP contribution is 1.96. The minimum atomic E-state index is -0.963. The molecule has 0 fully saturated rings. The van der Waals surface area contributed by atoms with Gasteiger partial charge in [-0.3, -0.25) is 9.59 Å². The molecule has 0 aliphatic heterocycles. The molecule has 0 aromatic rings. The number of rotatable bonds is 5. The Morgan fingerprint density at radius 1 is 1.54 bits per heavy atom. The van der Waals surface area contributed by atoms with Gasteiger partial charge in [-0.05, 0) is 13.3 Å². The molecule has 0 aromatic heterocycles. The van der Waals surface area contributed by atoms with Crippen LogP contribution in [-0.4, -0.2) is 29.7 Å². The first-order valence-corrected chi connectivity index (χ1v) is 3.72. The Kier molecular flexibility index (Phi) is 8.84. The lowest BCUT2D eigenvalue weighted by Gasteiger charge is -2.07. The second-order valence-electron chi connectivity index (χ2n) is 2.29. The SMILES string of the molecule is CCOC(=O)[C@H](N)CCC(=O)O.Cl. The van der Waals surface area contributed by atoms with Gasteiger partial charge >= 0.3 is 11.9 Å². The largest absolute Gasteiger partial charge is 0.481 e. The molecular weight excluding hydrogens is 198 g/mol. The molecule has 0 amide bonds. The van der Waals surface area contributed by atoms with E-state index in [2.05, 4.69) is 4.74 Å². The van der Waals surface area contributed by atoms with Crippen molar-refractivity contribution >= 4 is 24.3 Å². The fourth-order valence-corrected chi connectivity index (χ4v) is 0.646. The summed E-state index contributed by atoms with van der Waals surface area (Å²) in [4.78, 5) is 20.9. The molecule has 0 aliphatic carbocycles. The Bertz CT molecular complexity index is 174. The van der Waals surface area contributed by atoms with Crippen molar-refractivity contribution in [2.75, 3.05) is 6.61 Å². The summed E-state index contributed by atoms with van der Waals surface area (Å²) in [7, 11) is 0. The maximum absolute atomic E-state index is 10.8. The number of ether oxygens (including phenoxy) is 1. The Balaban J connectivity index is 0. The maximum Gasteiger partial charge on any atom is 0.322 e. The molecule has 0 heterocycles. The van der Waals surface area contributed by atoms with E-state index in [1.54, 1.807) is 6.92 Å². The number of nitrogens with two attached hydrogens (primary N) is 1. The van der Waals surface area contributed by atoms with Crippen LogP contribution in [0.25, 0.3) is 0 Å². The summed E-state index contributed by atoms with van der Waals surface area (Å²) in [5.74, 6) is -1.51. The standard InChI is InChI=1S/C7H13NO4.ClH/c1-2-12-7(11)5(8)3-4-6(9)10;/h5H,2-4,8H2,1H3,(H,9,10);1H/t5-;/m1./s1. The Labute approximate surface area is 82.7 Å². The first kappa shape index (κ1) is 14.7. The molecule has 0 unspecified atom stereocenters. The lowest BCUT2D eigenvalue weighted by atomic mass is 10.2. The van der Waals surface area contributed by atoms with Gasteiger partial charge in [0.15, 0.2) is 0 Å². The molecule has 6 heteroatoms. The van der Waals surface area contributed by atoms with E-state index in [1.807, 2.05) is 0 Å². The van der Waals surface area contributed by atoms with Crippen LogP contribution in [-0.2, 0) is 14.3 Å². The van der Waals surface area contributed by atoms with E-state index in [9.17, 15) is 9.59 Å². The zero-order valence-electron chi connectivity index (χ0n) is 7.36. The Morgan fingerprint density at radius 2 is 2.08 bits per heavy atom. The molecule has 0 bridgehead atoms. The fraction of sp³-hybridized carbons (Fsp3) is 0.714. The average molecular weight is 212 g/mol. The van der Waals surface area contributed by atoms with Crippen LogP contribution in [0.1, 0.15) is 19.8 Å². The van der Waals surface area contributed by atoms with Crippen molar-refractivity contribution in [2.45, 2.75) is 25.8 Å². The van der Waals surface area contributed by atoms with Crippen LogP contribution in [0.2, 0.25) is 0 Å². The number of carboxylic acids is 1. The predicted molar refractivity (Wildman–Crippen MR) is 48.7 cm³/mol. The third kappa shape index (κ3) is 7.55. The summed E-state index contributed by atoms with van der Waals surface area (Å²) in [5, 5.41) is 8.27. The van der Waals surface area contributed by atoms with Gasteiger partial charge in [0.2, 0.25) is 0 Å². The maximum atomic E-state index is 10.8. The third-order valence-corrected chi connectivity index (χ3v) is 1.26. The molecular formula is C7H14ClNO4. The summed E-state index contributed by atoms with van der Waals surface area (Å²) in [5.41, 5.74) is 5.31. The van der Waals surface area contributed by atoms with Gasteiger partial charge in [-0.25, -0.2) is 0 Å². The summed E-state index contributed by atoms with van der Waals surface area (Å²) in [6.07, 6.45) is 0.00808. The van der Waals surface area contributed by atoms with Gasteiger partial charge < -0.3 is 15.6 Å². The van der Waals surface area contributed by atoms with E-state index in [1.165, 1.54) is 0 Å². The zero-order chi connectivity index (χ0) is 9.56. The fourth-order valence-electron chi connectivity index (χ4n) is 0.646. The first-order valence-electron chi connectivity index (χ1n) is 3.72. The molecule has 5 nitrogen and oxygen atoms in total. The monoisotopic (exact) mass is 211 g/mol. The molecule has 0 saturated heterocycles. The van der Waals surface area contributed by atoms with Crippen molar-refractivity contribution in [1.82, 2.24) is 0 Å². The number of esters is 1. The van der Waals surface area contributed by atoms with Crippen LogP contribution >= 0.6 is 12.4 Å². The number of hydrogen-bond acceptors (Lipinski definition) is 4. The van der Waals surface area contributed by atoms with Gasteiger partial charge in [-0.1, -0.05) is 0 Å². The second-order valence-corrected chi connectivity index (χ2v) is 2.29. The normalized spacial score (nSPS) is 11.2. The van der Waals surface area contributed by atoms with Crippen molar-refractivity contribution in [1.29, 1.82) is 0 Å². The van der Waals surface area contributed by atoms with Crippen molar-refractivity contribution in [3.05, 3.63) is 0 Å². The third-order valence-electron chi connectivity index (χ3n) is 1.26. The van der Waals surface area contributed by atoms with Gasteiger partial charge in [0.05, 0.1) is 6.61 Å². The molecule has 3 N–H and O–H groups in total. The van der Waals surface area contributed by atoms with Crippen molar-refractivity contribution < 1.29 is 19.4 Å². The molecule has 1 atom stereocenters. The van der Waals surface area contributed by atoms with E-state index in [0.29, 0.717) is 0 Å². The van der Waals surface area contributed by atoms with Crippen molar-refractivity contribution in [3.8, 4) is 0 Å². The molecule has 0 spiro atoms. The van der Waals surface area contributed by atoms with E-state index in [-0.39, 0.29) is 31.9 Å². The van der Waals surface area contributed by atoms with E-state index in [4.69, 9.17) is 10.8 Å². The van der Waals surface area contributed by atoms with Crippen LogP contribution in [0.15, 0.2) is 0 Å². The number of carbonyl (C=O) groups is 2. The summed E-state index contributed by atoms with van der Waals surface area (Å²) < 4.78 is 4.58. The molecule has 0 radical (unpaired) electrons. The smallest absolute Gasteiger partial charge is 0.322 e. The molecule has 0 rings (SSSR count). The van der Waals surface area contributed by atoms with E-state index >= 15 is 0 Å². The number of aliphatic carboxylic acids is 1. The van der Waals surface area contributed by atoms with Crippen LogP contribution in [0.4, 0.5) is 0 Å². The van der Waals surface area contributed by atoms with Crippen molar-refractivity contribution in [2.24, 2.45) is 5.73 Å². The summed E-state index contributed by atoms with van der Waals surface area (Å²) in [6.45, 7) is 1.93. The molecule has 13 heavy (non-hydrogen) atoms. The highest BCUT2D eigenvalue weighted by molar-refractivity contribution is 5.85. The zero-order valence-corrected chi connectivity index (χ0v) is 8.17. The van der Waals surface area contributed by atoms with Crippen LogP contribution < -0.4 is 5.73 Å². The highest BCUT2D eigenvalue weighted by Gasteiger charge is 2.15. The average Bonchev–Trinajstić information content (AvgIpc) is 2.00. The molecule has 0 saturated carbocycles. The Morgan fingerprint density at radius 3 is 2.46 bits per heavy atom. The quantitative estimate of drug-likeness (QED) is 0.633. The Hall–Kier alpha value is -0.810. The van der Waals surface area contributed by atoms with Crippen LogP contribution in [0.3, 0.4) is 0 Å². The van der Waals surface area contributed by atoms with Gasteiger partial charge in [0, 0.05) is 6.42 Å². The molecule has 0 aliphatic rings. The number of carboxylic acid groups (broad SMARTS) is 1. The van der Waals surface area contributed by atoms with Gasteiger partial charge in [0.25, 0.3) is 0 Å². The van der Waals surface area contributed by atoms with Crippen LogP contribution in [0.5, 0.6) is 0 Å². The summed E-state index contributed by atoms with van der Waals surface area (Å²) >= 11 is 0. The first-order chi connectivity index (χ1) is 5.57. The van der Waals surface area contributed by atoms with Crippen molar-refractivity contribution in [3.63, 3.8) is 0 Å². The van der Waals surface area contributed by atoms with E-state index in [0.717, 1.165) is 0 Å². The number of hydrogen-bond donors (Lipinski definition) is 2. The minimum Gasteiger partial charge on any atom is -0.481 e. The topological polar surface area (TPSA) is 89.6 Å². The van der Waals surface area contributed by atoms with Crippen LogP contribution in [0, 0.1) is 0 Å². The van der Waals surface area contributed by atoms with Gasteiger partial charge in [-0.15, -0.1) is 12.4 Å².